The first-order valence-electron chi connectivity index (χ1n) is 5.77. The van der Waals surface area contributed by atoms with Gasteiger partial charge < -0.3 is 9.72 Å². The normalized spacial score (nSPS) is 15.5. The number of carbonyl (C=O) groups excluding carboxylic acids is 1. The van der Waals surface area contributed by atoms with Crippen molar-refractivity contribution >= 4 is 16.9 Å². The lowest BCUT2D eigenvalue weighted by Crippen LogP contribution is -2.17. The number of nitrogens with one attached hydrogen (secondary N) is 1. The molecule has 0 unspecified atom stereocenters. The third-order valence-electron chi connectivity index (χ3n) is 3.10. The van der Waals surface area contributed by atoms with E-state index in [1.807, 2.05) is 36.4 Å². The fraction of sp³-hybridized carbons (Fsp3) is 0.214. The molecule has 86 valence electrons. The van der Waals surface area contributed by atoms with Crippen LogP contribution in [0.4, 0.5) is 0 Å². The Hall–Kier alpha value is -2.03. The average molecular weight is 227 g/mol. The summed E-state index contributed by atoms with van der Waals surface area (Å²) < 4.78 is 5.44. The molecule has 3 nitrogen and oxygen atoms in total. The molecule has 1 N–H and O–H groups in total. The minimum absolute atomic E-state index is 0.0105. The van der Waals surface area contributed by atoms with Gasteiger partial charge in [-0.05, 0) is 25.0 Å². The summed E-state index contributed by atoms with van der Waals surface area (Å²) in [6.07, 6.45) is 7.38. The second-order valence-electron chi connectivity index (χ2n) is 4.26. The Morgan fingerprint density at radius 2 is 2.00 bits per heavy atom. The van der Waals surface area contributed by atoms with Gasteiger partial charge >= 0.3 is 5.97 Å². The number of H-pyrrole nitrogens is 1. The number of para-hydroxylation sites is 1. The van der Waals surface area contributed by atoms with Crippen molar-refractivity contribution in [3.63, 3.8) is 0 Å². The monoisotopic (exact) mass is 227 g/mol. The molecule has 0 saturated heterocycles. The lowest BCUT2D eigenvalue weighted by atomic mass is 10.1. The summed E-state index contributed by atoms with van der Waals surface area (Å²) in [7, 11) is 0. The summed E-state index contributed by atoms with van der Waals surface area (Å²) >= 11 is 0. The standard InChI is InChI=1S/C14H13NO2/c16-14(10-5-1-2-6-10)17-13-9-15-12-8-4-3-7-11(12)13/h1-4,7-10,15H,5-6H2. The lowest BCUT2D eigenvalue weighted by molar-refractivity contribution is -0.138. The Labute approximate surface area is 99.1 Å². The van der Waals surface area contributed by atoms with E-state index in [2.05, 4.69) is 4.98 Å². The molecule has 1 aromatic carbocycles. The first-order chi connectivity index (χ1) is 8.34. The van der Waals surface area contributed by atoms with E-state index in [0.29, 0.717) is 5.75 Å². The second kappa shape index (κ2) is 4.09. The van der Waals surface area contributed by atoms with Crippen LogP contribution < -0.4 is 4.74 Å². The molecule has 17 heavy (non-hydrogen) atoms. The van der Waals surface area contributed by atoms with Gasteiger partial charge in [-0.1, -0.05) is 24.3 Å². The number of fused-ring (bicyclic) bond motifs is 1. The number of carbonyl (C=O) groups is 1. The van der Waals surface area contributed by atoms with Crippen LogP contribution in [0.25, 0.3) is 10.9 Å². The Balaban J connectivity index is 1.82. The maximum Gasteiger partial charge on any atom is 0.315 e. The molecule has 0 radical (unpaired) electrons. The van der Waals surface area contributed by atoms with Crippen LogP contribution in [0.15, 0.2) is 42.6 Å². The minimum Gasteiger partial charge on any atom is -0.424 e. The fourth-order valence-electron chi connectivity index (χ4n) is 2.13. The van der Waals surface area contributed by atoms with Crippen LogP contribution >= 0.6 is 0 Å². The predicted molar refractivity (Wildman–Crippen MR) is 65.8 cm³/mol. The van der Waals surface area contributed by atoms with Crippen LogP contribution in [0, 0.1) is 5.92 Å². The zero-order valence-corrected chi connectivity index (χ0v) is 9.35. The number of esters is 1. The van der Waals surface area contributed by atoms with E-state index in [1.165, 1.54) is 0 Å². The van der Waals surface area contributed by atoms with Crippen molar-refractivity contribution in [3.05, 3.63) is 42.6 Å². The van der Waals surface area contributed by atoms with Crippen molar-refractivity contribution < 1.29 is 9.53 Å². The number of hydrogen-bond donors (Lipinski definition) is 1. The predicted octanol–water partition coefficient (Wildman–Crippen LogP) is 3.04. The molecule has 0 fully saturated rings. The molecule has 0 atom stereocenters. The number of ether oxygens (including phenoxy) is 1. The zero-order chi connectivity index (χ0) is 11.7. The Morgan fingerprint density at radius 1 is 1.24 bits per heavy atom. The Kier molecular flexibility index (Phi) is 2.44. The zero-order valence-electron chi connectivity index (χ0n) is 9.35. The number of aromatic amines is 1. The van der Waals surface area contributed by atoms with Gasteiger partial charge in [0.2, 0.25) is 0 Å². The summed E-state index contributed by atoms with van der Waals surface area (Å²) in [6.45, 7) is 0. The third kappa shape index (κ3) is 1.84. The van der Waals surface area contributed by atoms with Crippen molar-refractivity contribution in [1.82, 2.24) is 4.98 Å². The molecule has 1 aliphatic rings. The van der Waals surface area contributed by atoms with Gasteiger partial charge in [-0.15, -0.1) is 0 Å². The van der Waals surface area contributed by atoms with Crippen molar-refractivity contribution in [2.75, 3.05) is 0 Å². The van der Waals surface area contributed by atoms with Gasteiger partial charge in [0.1, 0.15) is 0 Å². The highest BCUT2D eigenvalue weighted by molar-refractivity contribution is 5.89. The van der Waals surface area contributed by atoms with Crippen LogP contribution in [0.3, 0.4) is 0 Å². The maximum absolute atomic E-state index is 11.9. The molecule has 3 rings (SSSR count). The first kappa shape index (κ1) is 10.1. The van der Waals surface area contributed by atoms with Crippen molar-refractivity contribution in [3.8, 4) is 5.75 Å². The molecule has 0 bridgehead atoms. The number of rotatable bonds is 2. The topological polar surface area (TPSA) is 42.1 Å². The smallest absolute Gasteiger partial charge is 0.315 e. The molecule has 0 aliphatic heterocycles. The second-order valence-corrected chi connectivity index (χ2v) is 4.26. The molecule has 3 heteroatoms. The first-order valence-corrected chi connectivity index (χ1v) is 5.77. The quantitative estimate of drug-likeness (QED) is 0.633. The van der Waals surface area contributed by atoms with Crippen molar-refractivity contribution in [1.29, 1.82) is 0 Å². The van der Waals surface area contributed by atoms with E-state index in [-0.39, 0.29) is 11.9 Å². The van der Waals surface area contributed by atoms with E-state index < -0.39 is 0 Å². The van der Waals surface area contributed by atoms with Crippen LogP contribution in [0.5, 0.6) is 5.75 Å². The van der Waals surface area contributed by atoms with E-state index in [9.17, 15) is 4.79 Å². The minimum atomic E-state index is -0.139. The molecule has 1 heterocycles. The van der Waals surface area contributed by atoms with E-state index in [1.54, 1.807) is 6.20 Å². The van der Waals surface area contributed by atoms with Crippen molar-refractivity contribution in [2.24, 2.45) is 5.92 Å². The molecule has 1 aliphatic carbocycles. The van der Waals surface area contributed by atoms with Gasteiger partial charge in [0.05, 0.1) is 5.92 Å². The number of aromatic nitrogens is 1. The largest absolute Gasteiger partial charge is 0.424 e. The summed E-state index contributed by atoms with van der Waals surface area (Å²) in [5.41, 5.74) is 0.986. The van der Waals surface area contributed by atoms with Gasteiger partial charge in [-0.25, -0.2) is 0 Å². The average Bonchev–Trinajstić information content (AvgIpc) is 2.98. The molecule has 2 aromatic rings. The molecule has 0 amide bonds. The van der Waals surface area contributed by atoms with Crippen LogP contribution in [-0.4, -0.2) is 11.0 Å². The summed E-state index contributed by atoms with van der Waals surface area (Å²) in [4.78, 5) is 15.0. The molecule has 0 spiro atoms. The summed E-state index contributed by atoms with van der Waals surface area (Å²) in [6, 6.07) is 7.79. The van der Waals surface area contributed by atoms with Crippen LogP contribution in [0.1, 0.15) is 12.8 Å². The maximum atomic E-state index is 11.9. The van der Waals surface area contributed by atoms with Crippen LogP contribution in [0.2, 0.25) is 0 Å². The highest BCUT2D eigenvalue weighted by Crippen LogP contribution is 2.27. The molecule has 0 saturated carbocycles. The van der Waals surface area contributed by atoms with Crippen molar-refractivity contribution in [2.45, 2.75) is 12.8 Å². The van der Waals surface area contributed by atoms with Gasteiger partial charge in [-0.2, -0.15) is 0 Å². The fourth-order valence-corrected chi connectivity index (χ4v) is 2.13. The third-order valence-corrected chi connectivity index (χ3v) is 3.10. The molecular weight excluding hydrogens is 214 g/mol. The SMILES string of the molecule is O=C(Oc1c[nH]c2ccccc12)C1CC=CC1. The van der Waals surface area contributed by atoms with Crippen LogP contribution in [-0.2, 0) is 4.79 Å². The molecule has 1 aromatic heterocycles. The number of allylic oxidation sites excluding steroid dienone is 2. The number of hydrogen-bond acceptors (Lipinski definition) is 2. The Bertz CT molecular complexity index is 575. The summed E-state index contributed by atoms with van der Waals surface area (Å²) in [5.74, 6) is 0.473. The van der Waals surface area contributed by atoms with Gasteiger partial charge in [0.25, 0.3) is 0 Å². The van der Waals surface area contributed by atoms with Gasteiger partial charge in [0.15, 0.2) is 5.75 Å². The van der Waals surface area contributed by atoms with E-state index >= 15 is 0 Å². The van der Waals surface area contributed by atoms with Gasteiger partial charge in [0, 0.05) is 17.1 Å². The van der Waals surface area contributed by atoms with E-state index in [0.717, 1.165) is 23.7 Å². The van der Waals surface area contributed by atoms with E-state index in [4.69, 9.17) is 4.74 Å². The number of benzene rings is 1. The highest BCUT2D eigenvalue weighted by atomic mass is 16.5. The summed E-state index contributed by atoms with van der Waals surface area (Å²) in [5, 5.41) is 0.951. The Morgan fingerprint density at radius 3 is 2.82 bits per heavy atom. The highest BCUT2D eigenvalue weighted by Gasteiger charge is 2.22. The molecular formula is C14H13NO2. The lowest BCUT2D eigenvalue weighted by Gasteiger charge is -2.08. The van der Waals surface area contributed by atoms with Gasteiger partial charge in [-0.3, -0.25) is 4.79 Å².